The number of hydrogen-bond donors (Lipinski definition) is 1. The van der Waals surface area contributed by atoms with Crippen LogP contribution < -0.4 is 9.62 Å². The van der Waals surface area contributed by atoms with Crippen LogP contribution in [0.4, 0.5) is 5.69 Å². The predicted molar refractivity (Wildman–Crippen MR) is 181 cm³/mol. The molecule has 4 aromatic carbocycles. The van der Waals surface area contributed by atoms with Crippen molar-refractivity contribution in [2.75, 3.05) is 17.4 Å². The zero-order valence-corrected chi connectivity index (χ0v) is 27.9. The number of anilines is 1. The molecular weight excluding hydrogens is 629 g/mol. The lowest BCUT2D eigenvalue weighted by Crippen LogP contribution is -2.53. The summed E-state index contributed by atoms with van der Waals surface area (Å²) < 4.78 is 29.5. The zero-order chi connectivity index (χ0) is 32.6. The Hall–Kier alpha value is -3.85. The molecule has 0 heterocycles. The van der Waals surface area contributed by atoms with E-state index < -0.39 is 28.5 Å². The van der Waals surface area contributed by atoms with E-state index >= 15 is 0 Å². The molecule has 10 heteroatoms. The second-order valence-corrected chi connectivity index (χ2v) is 13.6. The summed E-state index contributed by atoms with van der Waals surface area (Å²) in [7, 11) is -4.21. The van der Waals surface area contributed by atoms with Crippen molar-refractivity contribution < 1.29 is 18.0 Å². The number of benzene rings is 4. The van der Waals surface area contributed by atoms with Gasteiger partial charge in [-0.3, -0.25) is 13.9 Å². The molecule has 45 heavy (non-hydrogen) atoms. The van der Waals surface area contributed by atoms with E-state index in [0.717, 1.165) is 15.4 Å². The molecule has 0 unspecified atom stereocenters. The molecule has 0 spiro atoms. The van der Waals surface area contributed by atoms with Gasteiger partial charge >= 0.3 is 0 Å². The minimum atomic E-state index is -4.21. The third-order valence-electron chi connectivity index (χ3n) is 7.38. The van der Waals surface area contributed by atoms with Gasteiger partial charge in [0.1, 0.15) is 12.6 Å². The lowest BCUT2D eigenvalue weighted by atomic mass is 10.0. The monoisotopic (exact) mass is 665 g/mol. The molecule has 4 aromatic rings. The van der Waals surface area contributed by atoms with E-state index in [9.17, 15) is 18.0 Å². The highest BCUT2D eigenvalue weighted by Crippen LogP contribution is 2.30. The Labute approximate surface area is 275 Å². The van der Waals surface area contributed by atoms with Crippen LogP contribution in [-0.4, -0.2) is 44.3 Å². The highest BCUT2D eigenvalue weighted by atomic mass is 35.5. The van der Waals surface area contributed by atoms with Gasteiger partial charge in [0.25, 0.3) is 10.0 Å². The Balaban J connectivity index is 1.82. The van der Waals surface area contributed by atoms with E-state index in [1.54, 1.807) is 55.5 Å². The highest BCUT2D eigenvalue weighted by Gasteiger charge is 2.35. The second-order valence-electron chi connectivity index (χ2n) is 10.9. The molecule has 0 saturated heterocycles. The molecule has 2 amide bonds. The first-order valence-electron chi connectivity index (χ1n) is 14.7. The van der Waals surface area contributed by atoms with Crippen molar-refractivity contribution in [1.82, 2.24) is 10.2 Å². The number of aryl methyl sites for hydroxylation is 2. The second kappa shape index (κ2) is 15.4. The minimum absolute atomic E-state index is 0.0362. The molecule has 1 atom stereocenters. The number of hydrogen-bond acceptors (Lipinski definition) is 4. The van der Waals surface area contributed by atoms with Gasteiger partial charge in [0, 0.05) is 29.6 Å². The van der Waals surface area contributed by atoms with Crippen LogP contribution in [0.2, 0.25) is 10.0 Å². The molecule has 4 rings (SSSR count). The van der Waals surface area contributed by atoms with E-state index in [-0.39, 0.29) is 23.8 Å². The minimum Gasteiger partial charge on any atom is -0.354 e. The first-order valence-corrected chi connectivity index (χ1v) is 16.9. The van der Waals surface area contributed by atoms with Crippen molar-refractivity contribution in [3.63, 3.8) is 0 Å². The number of nitrogens with zero attached hydrogens (tertiary/aromatic N) is 2. The summed E-state index contributed by atoms with van der Waals surface area (Å²) in [6, 6.07) is 26.8. The van der Waals surface area contributed by atoms with Gasteiger partial charge in [0.2, 0.25) is 11.8 Å². The highest BCUT2D eigenvalue weighted by molar-refractivity contribution is 7.92. The van der Waals surface area contributed by atoms with Crippen LogP contribution in [0.15, 0.2) is 102 Å². The summed E-state index contributed by atoms with van der Waals surface area (Å²) in [6.45, 7) is 5.47. The number of sulfonamides is 1. The standard InChI is InChI=1S/C35H37Cl2N3O4S/c1-4-19-38-35(42)33(22-27-9-6-5-7-10-27)39(23-28-11-8-12-29(36)21-28)34(41)24-40(32-18-15-30(37)20-26(32)3)45(43,44)31-16-13-25(2)14-17-31/h5-18,20-21,33H,4,19,22-24H2,1-3H3,(H,38,42)/t33-/m1/s1. The number of amides is 2. The van der Waals surface area contributed by atoms with E-state index in [1.165, 1.54) is 17.0 Å². The largest absolute Gasteiger partial charge is 0.354 e. The topological polar surface area (TPSA) is 86.8 Å². The quantitative estimate of drug-likeness (QED) is 0.167. The van der Waals surface area contributed by atoms with E-state index in [1.807, 2.05) is 50.2 Å². The Kier molecular flexibility index (Phi) is 11.7. The molecule has 0 saturated carbocycles. The van der Waals surface area contributed by atoms with Gasteiger partial charge < -0.3 is 10.2 Å². The van der Waals surface area contributed by atoms with Crippen LogP contribution in [0.1, 0.15) is 35.6 Å². The molecule has 0 fully saturated rings. The molecule has 1 N–H and O–H groups in total. The molecule has 0 aromatic heterocycles. The van der Waals surface area contributed by atoms with Gasteiger partial charge in [-0.2, -0.15) is 0 Å². The van der Waals surface area contributed by atoms with Gasteiger partial charge in [-0.25, -0.2) is 8.42 Å². The first-order chi connectivity index (χ1) is 21.5. The van der Waals surface area contributed by atoms with Crippen LogP contribution >= 0.6 is 23.2 Å². The smallest absolute Gasteiger partial charge is 0.264 e. The van der Waals surface area contributed by atoms with Crippen molar-refractivity contribution in [1.29, 1.82) is 0 Å². The Bertz CT molecular complexity index is 1730. The van der Waals surface area contributed by atoms with Gasteiger partial charge in [-0.15, -0.1) is 0 Å². The van der Waals surface area contributed by atoms with Crippen molar-refractivity contribution in [3.05, 3.63) is 129 Å². The van der Waals surface area contributed by atoms with Gasteiger partial charge in [0.15, 0.2) is 0 Å². The molecule has 0 bridgehead atoms. The summed E-state index contributed by atoms with van der Waals surface area (Å²) in [6.07, 6.45) is 0.942. The van der Waals surface area contributed by atoms with Crippen molar-refractivity contribution >= 4 is 50.7 Å². The van der Waals surface area contributed by atoms with Crippen molar-refractivity contribution in [3.8, 4) is 0 Å². The maximum atomic E-state index is 14.5. The van der Waals surface area contributed by atoms with Gasteiger partial charge in [-0.05, 0) is 79.4 Å². The third-order valence-corrected chi connectivity index (χ3v) is 9.62. The SMILES string of the molecule is CCCNC(=O)[C@@H](Cc1ccccc1)N(Cc1cccc(Cl)c1)C(=O)CN(c1ccc(Cl)cc1C)S(=O)(=O)c1ccc(C)cc1. The lowest BCUT2D eigenvalue weighted by Gasteiger charge is -2.34. The Morgan fingerprint density at radius 3 is 2.13 bits per heavy atom. The third kappa shape index (κ3) is 8.87. The number of carbonyl (C=O) groups is 2. The normalized spacial score (nSPS) is 11.9. The maximum absolute atomic E-state index is 14.5. The Morgan fingerprint density at radius 2 is 1.49 bits per heavy atom. The molecule has 236 valence electrons. The molecular formula is C35H37Cl2N3O4S. The fraction of sp³-hybridized carbons (Fsp3) is 0.257. The molecule has 0 aliphatic heterocycles. The fourth-order valence-electron chi connectivity index (χ4n) is 5.00. The van der Waals surface area contributed by atoms with Crippen LogP contribution in [0, 0.1) is 13.8 Å². The number of halogens is 2. The summed E-state index contributed by atoms with van der Waals surface area (Å²) >= 11 is 12.5. The fourth-order valence-corrected chi connectivity index (χ4v) is 6.92. The lowest BCUT2D eigenvalue weighted by molar-refractivity contribution is -0.140. The average Bonchev–Trinajstić information content (AvgIpc) is 3.01. The number of carbonyl (C=O) groups excluding carboxylic acids is 2. The summed E-state index contributed by atoms with van der Waals surface area (Å²) in [5, 5.41) is 3.86. The predicted octanol–water partition coefficient (Wildman–Crippen LogP) is 6.97. The maximum Gasteiger partial charge on any atom is 0.264 e. The Morgan fingerprint density at radius 1 is 0.822 bits per heavy atom. The van der Waals surface area contributed by atoms with E-state index in [2.05, 4.69) is 5.32 Å². The van der Waals surface area contributed by atoms with Crippen molar-refractivity contribution in [2.24, 2.45) is 0 Å². The van der Waals surface area contributed by atoms with Crippen LogP contribution in [0.5, 0.6) is 0 Å². The van der Waals surface area contributed by atoms with E-state index in [0.29, 0.717) is 39.8 Å². The first kappa shape index (κ1) is 34.0. The molecule has 0 radical (unpaired) electrons. The number of rotatable bonds is 13. The summed E-state index contributed by atoms with van der Waals surface area (Å²) in [4.78, 5) is 29.7. The van der Waals surface area contributed by atoms with Crippen LogP contribution in [-0.2, 0) is 32.6 Å². The van der Waals surface area contributed by atoms with Crippen LogP contribution in [0.25, 0.3) is 0 Å². The van der Waals surface area contributed by atoms with Gasteiger partial charge in [0.05, 0.1) is 10.6 Å². The number of nitrogens with one attached hydrogen (secondary N) is 1. The van der Waals surface area contributed by atoms with Crippen LogP contribution in [0.3, 0.4) is 0 Å². The average molecular weight is 667 g/mol. The molecule has 7 nitrogen and oxygen atoms in total. The van der Waals surface area contributed by atoms with E-state index in [4.69, 9.17) is 23.2 Å². The van der Waals surface area contributed by atoms with Gasteiger partial charge in [-0.1, -0.05) is 90.3 Å². The summed E-state index contributed by atoms with van der Waals surface area (Å²) in [5.74, 6) is -0.876. The zero-order valence-electron chi connectivity index (χ0n) is 25.5. The molecule has 0 aliphatic rings. The molecule has 0 aliphatic carbocycles. The van der Waals surface area contributed by atoms with Crippen molar-refractivity contribution in [2.45, 2.75) is 51.1 Å². The summed E-state index contributed by atoms with van der Waals surface area (Å²) in [5.41, 5.74) is 3.34.